The van der Waals surface area contributed by atoms with E-state index in [0.717, 1.165) is 5.69 Å². The molecule has 0 radical (unpaired) electrons. The minimum Gasteiger partial charge on any atom is -0.364 e. The minimum atomic E-state index is 0.480. The zero-order valence-electron chi connectivity index (χ0n) is 5.61. The van der Waals surface area contributed by atoms with Crippen molar-refractivity contribution in [3.8, 4) is 0 Å². The molecule has 1 aromatic heterocycles. The Kier molecular flexibility index (Phi) is 2.40. The molecule has 52 valence electrons. The van der Waals surface area contributed by atoms with Crippen molar-refractivity contribution in [2.24, 2.45) is 9.98 Å². The zero-order valence-corrected chi connectivity index (χ0v) is 5.61. The van der Waals surface area contributed by atoms with Crippen LogP contribution in [0.3, 0.4) is 0 Å². The lowest BCUT2D eigenvalue weighted by Gasteiger charge is -1.78. The van der Waals surface area contributed by atoms with Crippen LogP contribution in [0.15, 0.2) is 26.8 Å². The predicted molar refractivity (Wildman–Crippen MR) is 36.0 cm³/mol. The molecular formula is C6H7N3O. The third kappa shape index (κ3) is 1.84. The molecular weight excluding hydrogens is 130 g/mol. The van der Waals surface area contributed by atoms with Crippen LogP contribution in [0, 0.1) is 0 Å². The first kappa shape index (κ1) is 6.71. The number of aromatic nitrogens is 1. The molecule has 4 nitrogen and oxygen atoms in total. The summed E-state index contributed by atoms with van der Waals surface area (Å²) < 4.78 is 4.58. The highest BCUT2D eigenvalue weighted by atomic mass is 16.5. The molecule has 0 aliphatic carbocycles. The van der Waals surface area contributed by atoms with Crippen molar-refractivity contribution in [2.45, 2.75) is 6.54 Å². The lowest BCUT2D eigenvalue weighted by molar-refractivity contribution is 0.412. The van der Waals surface area contributed by atoms with Crippen molar-refractivity contribution in [3.05, 3.63) is 18.0 Å². The number of hydrogen-bond donors (Lipinski definition) is 0. The van der Waals surface area contributed by atoms with E-state index in [0.29, 0.717) is 6.54 Å². The molecule has 1 aromatic rings. The maximum Gasteiger partial charge on any atom is 0.124 e. The summed E-state index contributed by atoms with van der Waals surface area (Å²) >= 11 is 0. The van der Waals surface area contributed by atoms with Crippen molar-refractivity contribution in [2.75, 3.05) is 7.05 Å². The summed E-state index contributed by atoms with van der Waals surface area (Å²) in [6.45, 7) is 0.480. The monoisotopic (exact) mass is 137 g/mol. The topological polar surface area (TPSA) is 50.8 Å². The molecule has 0 unspecified atom stereocenters. The first-order valence-corrected chi connectivity index (χ1v) is 2.83. The third-order valence-corrected chi connectivity index (χ3v) is 0.903. The van der Waals surface area contributed by atoms with Crippen molar-refractivity contribution in [1.29, 1.82) is 0 Å². The van der Waals surface area contributed by atoms with Crippen LogP contribution < -0.4 is 0 Å². The lowest BCUT2D eigenvalue weighted by atomic mass is 10.4. The van der Waals surface area contributed by atoms with E-state index in [1.807, 2.05) is 0 Å². The van der Waals surface area contributed by atoms with E-state index in [2.05, 4.69) is 25.7 Å². The molecule has 0 aliphatic heterocycles. The fourth-order valence-electron chi connectivity index (χ4n) is 0.506. The van der Waals surface area contributed by atoms with E-state index in [9.17, 15) is 0 Å². The molecule has 0 atom stereocenters. The molecule has 0 saturated heterocycles. The van der Waals surface area contributed by atoms with Gasteiger partial charge in [-0.3, -0.25) is 0 Å². The highest BCUT2D eigenvalue weighted by Crippen LogP contribution is 1.94. The van der Waals surface area contributed by atoms with Gasteiger partial charge in [-0.15, -0.1) is 0 Å². The van der Waals surface area contributed by atoms with E-state index in [-0.39, 0.29) is 0 Å². The molecule has 4 heteroatoms. The van der Waals surface area contributed by atoms with Gasteiger partial charge in [-0.25, -0.2) is 9.98 Å². The van der Waals surface area contributed by atoms with Crippen molar-refractivity contribution < 1.29 is 4.52 Å². The number of hydrogen-bond acceptors (Lipinski definition) is 4. The average Bonchev–Trinajstić information content (AvgIpc) is 2.41. The molecule has 0 saturated carbocycles. The zero-order chi connectivity index (χ0) is 7.23. The van der Waals surface area contributed by atoms with Gasteiger partial charge in [0.2, 0.25) is 0 Å². The van der Waals surface area contributed by atoms with Crippen molar-refractivity contribution in [1.82, 2.24) is 5.16 Å². The van der Waals surface area contributed by atoms with Crippen LogP contribution in [-0.4, -0.2) is 18.2 Å². The Morgan fingerprint density at radius 3 is 3.30 bits per heavy atom. The molecule has 0 bridgehead atoms. The summed E-state index contributed by atoms with van der Waals surface area (Å²) in [5.74, 6) is 0. The highest BCUT2D eigenvalue weighted by Gasteiger charge is 1.90. The summed E-state index contributed by atoms with van der Waals surface area (Å²) in [7, 11) is 1.62. The van der Waals surface area contributed by atoms with Crippen LogP contribution in [0.25, 0.3) is 0 Å². The first-order valence-electron chi connectivity index (χ1n) is 2.83. The summed E-state index contributed by atoms with van der Waals surface area (Å²) in [5.41, 5.74) is 0.788. The second-order valence-corrected chi connectivity index (χ2v) is 1.63. The van der Waals surface area contributed by atoms with Gasteiger partial charge in [0.15, 0.2) is 0 Å². The second-order valence-electron chi connectivity index (χ2n) is 1.63. The Hall–Kier alpha value is -1.41. The molecule has 0 amide bonds. The van der Waals surface area contributed by atoms with Crippen LogP contribution in [0.1, 0.15) is 5.69 Å². The van der Waals surface area contributed by atoms with Gasteiger partial charge in [-0.1, -0.05) is 5.16 Å². The van der Waals surface area contributed by atoms with Gasteiger partial charge in [-0.2, -0.15) is 0 Å². The Morgan fingerprint density at radius 2 is 2.70 bits per heavy atom. The largest absolute Gasteiger partial charge is 0.364 e. The van der Waals surface area contributed by atoms with Gasteiger partial charge in [0.25, 0.3) is 0 Å². The second kappa shape index (κ2) is 3.58. The highest BCUT2D eigenvalue weighted by molar-refractivity contribution is 5.40. The van der Waals surface area contributed by atoms with Crippen LogP contribution >= 0.6 is 0 Å². The molecule has 0 fully saturated rings. The maximum atomic E-state index is 4.58. The van der Waals surface area contributed by atoms with Gasteiger partial charge in [0, 0.05) is 13.1 Å². The van der Waals surface area contributed by atoms with Gasteiger partial charge in [0.1, 0.15) is 12.0 Å². The summed E-state index contributed by atoms with van der Waals surface area (Å²) in [5, 5.41) is 3.64. The van der Waals surface area contributed by atoms with Gasteiger partial charge >= 0.3 is 0 Å². The summed E-state index contributed by atoms with van der Waals surface area (Å²) in [4.78, 5) is 7.35. The van der Waals surface area contributed by atoms with E-state index < -0.39 is 0 Å². The Morgan fingerprint density at radius 1 is 1.80 bits per heavy atom. The Balaban J connectivity index is 2.49. The van der Waals surface area contributed by atoms with Crippen LogP contribution in [0.2, 0.25) is 0 Å². The minimum absolute atomic E-state index is 0.480. The molecule has 0 N–H and O–H groups in total. The number of aliphatic imine (C=N–C) groups is 2. The average molecular weight is 137 g/mol. The van der Waals surface area contributed by atoms with Gasteiger partial charge in [0.05, 0.1) is 12.6 Å². The fourth-order valence-corrected chi connectivity index (χ4v) is 0.506. The van der Waals surface area contributed by atoms with E-state index >= 15 is 0 Å². The van der Waals surface area contributed by atoms with Crippen molar-refractivity contribution >= 4 is 6.01 Å². The fraction of sp³-hybridized carbons (Fsp3) is 0.333. The Bertz CT molecular complexity index is 234. The van der Waals surface area contributed by atoms with Crippen molar-refractivity contribution in [3.63, 3.8) is 0 Å². The third-order valence-electron chi connectivity index (χ3n) is 0.903. The van der Waals surface area contributed by atoms with E-state index in [1.165, 1.54) is 6.26 Å². The quantitative estimate of drug-likeness (QED) is 0.570. The lowest BCUT2D eigenvalue weighted by Crippen LogP contribution is -1.77. The molecule has 0 aromatic carbocycles. The number of nitrogens with zero attached hydrogens (tertiary/aromatic N) is 3. The molecule has 1 rings (SSSR count). The standard InChI is InChI=1S/C6H7N3O/c1-7-5-8-4-6-2-3-10-9-6/h2-3H,4H2,1H3. The predicted octanol–water partition coefficient (Wildman–Crippen LogP) is 0.978. The van der Waals surface area contributed by atoms with Gasteiger partial charge in [-0.05, 0) is 0 Å². The summed E-state index contributed by atoms with van der Waals surface area (Å²) in [6, 6.07) is 4.21. The van der Waals surface area contributed by atoms with Crippen LogP contribution in [0.5, 0.6) is 0 Å². The normalized spacial score (nSPS) is 8.50. The first-order chi connectivity index (χ1) is 4.93. The number of rotatable bonds is 2. The van der Waals surface area contributed by atoms with Crippen LogP contribution in [-0.2, 0) is 6.54 Å². The molecule has 1 heterocycles. The molecule has 0 spiro atoms. The van der Waals surface area contributed by atoms with E-state index in [4.69, 9.17) is 0 Å². The molecule has 0 aliphatic rings. The Labute approximate surface area is 58.3 Å². The smallest absolute Gasteiger partial charge is 0.124 e. The maximum absolute atomic E-state index is 4.58. The van der Waals surface area contributed by atoms with Gasteiger partial charge < -0.3 is 4.52 Å². The summed E-state index contributed by atoms with van der Waals surface area (Å²) in [6.07, 6.45) is 1.51. The van der Waals surface area contributed by atoms with Crippen LogP contribution in [0.4, 0.5) is 0 Å². The molecule has 10 heavy (non-hydrogen) atoms. The SMILES string of the molecule is CN=C=NCc1ccon1. The van der Waals surface area contributed by atoms with E-state index in [1.54, 1.807) is 13.1 Å².